The highest BCUT2D eigenvalue weighted by atomic mass is 16.3. The molecule has 12 rings (SSSR count). The number of hydrogen-bond donors (Lipinski definition) is 0. The average molecular weight is 744 g/mol. The number of hydrogen-bond acceptors (Lipinski definition) is 5. The van der Waals surface area contributed by atoms with Crippen LogP contribution in [0.15, 0.2) is 185 Å². The molecule has 0 N–H and O–H groups in total. The standard InChI is InChI=1S/C53H33N3O2/c1-2-13-36-31-37(30-25-32(36)11-1)51-54-52(56-53(55-51)44-21-8-19-42-41-16-5-6-22-45(41)58-50(42)44)43-20-10-24-47-49(43)48-40(18-9-23-46(48)57-47)35-28-26-34(27-29-35)39-17-7-14-33-12-3-4-15-38(33)39/h1-20,22-31,44H,21H2. The first-order valence-electron chi connectivity index (χ1n) is 19.7. The second-order valence-corrected chi connectivity index (χ2v) is 15.0. The molecule has 5 nitrogen and oxygen atoms in total. The van der Waals surface area contributed by atoms with Gasteiger partial charge in [-0.2, -0.15) is 0 Å². The summed E-state index contributed by atoms with van der Waals surface area (Å²) in [5, 5.41) is 7.86. The summed E-state index contributed by atoms with van der Waals surface area (Å²) in [5.41, 5.74) is 9.93. The molecule has 0 bridgehead atoms. The molecule has 0 saturated carbocycles. The van der Waals surface area contributed by atoms with Crippen molar-refractivity contribution in [3.8, 4) is 45.0 Å². The van der Waals surface area contributed by atoms with Crippen LogP contribution >= 0.6 is 0 Å². The molecule has 5 heteroatoms. The molecule has 0 fully saturated rings. The van der Waals surface area contributed by atoms with Crippen LogP contribution in [0.4, 0.5) is 0 Å². The monoisotopic (exact) mass is 743 g/mol. The number of allylic oxidation sites excluding steroid dienone is 1. The number of rotatable bonds is 5. The SMILES string of the molecule is C1=Cc2c(oc3ccccc23)C(c2nc(-c3ccc4ccccc4c3)nc(-c3cccc4oc5cccc(-c6ccc(-c7cccc8ccccc78)cc6)c5c34)n2)C1. The molecule has 1 aliphatic rings. The van der Waals surface area contributed by atoms with Crippen LogP contribution < -0.4 is 0 Å². The van der Waals surface area contributed by atoms with Gasteiger partial charge in [-0.1, -0.05) is 158 Å². The molecule has 58 heavy (non-hydrogen) atoms. The third-order valence-corrected chi connectivity index (χ3v) is 11.7. The van der Waals surface area contributed by atoms with E-state index in [9.17, 15) is 0 Å². The first kappa shape index (κ1) is 32.6. The maximum Gasteiger partial charge on any atom is 0.164 e. The van der Waals surface area contributed by atoms with Gasteiger partial charge in [0.15, 0.2) is 11.6 Å². The van der Waals surface area contributed by atoms with Gasteiger partial charge in [-0.15, -0.1) is 0 Å². The fourth-order valence-corrected chi connectivity index (χ4v) is 8.89. The smallest absolute Gasteiger partial charge is 0.164 e. The van der Waals surface area contributed by atoms with Crippen molar-refractivity contribution < 1.29 is 8.83 Å². The zero-order valence-corrected chi connectivity index (χ0v) is 31.3. The molecule has 3 heterocycles. The normalized spacial score (nSPS) is 13.9. The zero-order chi connectivity index (χ0) is 38.2. The van der Waals surface area contributed by atoms with Crippen molar-refractivity contribution >= 4 is 60.5 Å². The van der Waals surface area contributed by atoms with Gasteiger partial charge in [0.05, 0.1) is 5.92 Å². The summed E-state index contributed by atoms with van der Waals surface area (Å²) in [5.74, 6) is 2.57. The molecule has 8 aromatic carbocycles. The van der Waals surface area contributed by atoms with E-state index in [2.05, 4.69) is 152 Å². The van der Waals surface area contributed by atoms with Crippen molar-refractivity contribution in [3.05, 3.63) is 193 Å². The predicted molar refractivity (Wildman–Crippen MR) is 236 cm³/mol. The molecule has 1 unspecified atom stereocenters. The minimum atomic E-state index is -0.190. The van der Waals surface area contributed by atoms with E-state index in [1.54, 1.807) is 0 Å². The van der Waals surface area contributed by atoms with Gasteiger partial charge in [-0.05, 0) is 74.5 Å². The Balaban J connectivity index is 1.05. The summed E-state index contributed by atoms with van der Waals surface area (Å²) in [6.07, 6.45) is 5.08. The molecule has 0 saturated heterocycles. The van der Waals surface area contributed by atoms with Crippen molar-refractivity contribution in [1.82, 2.24) is 15.0 Å². The highest BCUT2D eigenvalue weighted by molar-refractivity contribution is 6.17. The van der Waals surface area contributed by atoms with E-state index in [1.165, 1.54) is 21.9 Å². The number of benzene rings is 8. The summed E-state index contributed by atoms with van der Waals surface area (Å²) in [6, 6.07) is 59.4. The van der Waals surface area contributed by atoms with Crippen LogP contribution in [0.2, 0.25) is 0 Å². The van der Waals surface area contributed by atoms with Crippen molar-refractivity contribution in [2.75, 3.05) is 0 Å². The van der Waals surface area contributed by atoms with Gasteiger partial charge in [0.1, 0.15) is 28.3 Å². The summed E-state index contributed by atoms with van der Waals surface area (Å²) >= 11 is 0. The van der Waals surface area contributed by atoms with Crippen molar-refractivity contribution in [2.45, 2.75) is 12.3 Å². The number of nitrogens with zero attached hydrogens (tertiary/aromatic N) is 3. The molecular formula is C53H33N3O2. The number of fused-ring (bicyclic) bond motifs is 8. The maximum atomic E-state index is 6.61. The summed E-state index contributed by atoms with van der Waals surface area (Å²) in [4.78, 5) is 15.8. The lowest BCUT2D eigenvalue weighted by molar-refractivity contribution is 0.506. The Kier molecular flexibility index (Phi) is 7.29. The van der Waals surface area contributed by atoms with Crippen molar-refractivity contribution in [2.24, 2.45) is 0 Å². The van der Waals surface area contributed by atoms with E-state index >= 15 is 0 Å². The van der Waals surface area contributed by atoms with Crippen LogP contribution in [-0.4, -0.2) is 15.0 Å². The van der Waals surface area contributed by atoms with Gasteiger partial charge in [-0.25, -0.2) is 15.0 Å². The second kappa shape index (κ2) is 13.0. The highest BCUT2D eigenvalue weighted by Gasteiger charge is 2.29. The van der Waals surface area contributed by atoms with Gasteiger partial charge >= 0.3 is 0 Å². The first-order chi connectivity index (χ1) is 28.7. The molecule has 272 valence electrons. The van der Waals surface area contributed by atoms with Crippen LogP contribution in [0.5, 0.6) is 0 Å². The number of furan rings is 2. The highest BCUT2D eigenvalue weighted by Crippen LogP contribution is 2.44. The van der Waals surface area contributed by atoms with E-state index in [0.29, 0.717) is 23.9 Å². The summed E-state index contributed by atoms with van der Waals surface area (Å²) in [7, 11) is 0. The van der Waals surface area contributed by atoms with Gasteiger partial charge in [0.25, 0.3) is 0 Å². The lowest BCUT2D eigenvalue weighted by Gasteiger charge is -2.18. The predicted octanol–water partition coefficient (Wildman–Crippen LogP) is 14.0. The van der Waals surface area contributed by atoms with Crippen molar-refractivity contribution in [3.63, 3.8) is 0 Å². The Bertz CT molecular complexity index is 3440. The fraction of sp³-hybridized carbons (Fsp3) is 0.0377. The summed E-state index contributed by atoms with van der Waals surface area (Å²) in [6.45, 7) is 0. The Hall–Kier alpha value is -7.63. The molecule has 0 spiro atoms. The maximum absolute atomic E-state index is 6.61. The lowest BCUT2D eigenvalue weighted by atomic mass is 9.91. The van der Waals surface area contributed by atoms with Crippen molar-refractivity contribution in [1.29, 1.82) is 0 Å². The largest absolute Gasteiger partial charge is 0.460 e. The topological polar surface area (TPSA) is 65.0 Å². The Labute approximate surface area is 333 Å². The van der Waals surface area contributed by atoms with E-state index in [0.717, 1.165) is 77.3 Å². The van der Waals surface area contributed by atoms with Gasteiger partial charge in [0.2, 0.25) is 0 Å². The van der Waals surface area contributed by atoms with Gasteiger partial charge < -0.3 is 8.83 Å². The molecule has 0 aliphatic heterocycles. The third-order valence-electron chi connectivity index (χ3n) is 11.7. The molecule has 11 aromatic rings. The zero-order valence-electron chi connectivity index (χ0n) is 31.3. The molecule has 1 aliphatic carbocycles. The van der Waals surface area contributed by atoms with E-state index in [4.69, 9.17) is 23.8 Å². The molecule has 3 aromatic heterocycles. The van der Waals surface area contributed by atoms with E-state index in [1.807, 2.05) is 30.3 Å². The van der Waals surface area contributed by atoms with Gasteiger partial charge in [-0.3, -0.25) is 0 Å². The Morgan fingerprint density at radius 3 is 1.88 bits per heavy atom. The Morgan fingerprint density at radius 1 is 0.431 bits per heavy atom. The minimum absolute atomic E-state index is 0.190. The minimum Gasteiger partial charge on any atom is -0.460 e. The van der Waals surface area contributed by atoms with Crippen LogP contribution in [0.1, 0.15) is 29.5 Å². The second-order valence-electron chi connectivity index (χ2n) is 15.0. The van der Waals surface area contributed by atoms with Gasteiger partial charge in [0, 0.05) is 32.8 Å². The number of aromatic nitrogens is 3. The molecule has 1 atom stereocenters. The van der Waals surface area contributed by atoms with E-state index < -0.39 is 0 Å². The molecule has 0 radical (unpaired) electrons. The first-order valence-corrected chi connectivity index (χ1v) is 19.7. The number of para-hydroxylation sites is 1. The van der Waals surface area contributed by atoms with Crippen LogP contribution in [0.3, 0.4) is 0 Å². The molecule has 0 amide bonds. The molecular weight excluding hydrogens is 711 g/mol. The quantitative estimate of drug-likeness (QED) is 0.176. The Morgan fingerprint density at radius 2 is 1.03 bits per heavy atom. The van der Waals surface area contributed by atoms with Crippen LogP contribution in [0.25, 0.3) is 106 Å². The van der Waals surface area contributed by atoms with Crippen LogP contribution in [0, 0.1) is 0 Å². The summed E-state index contributed by atoms with van der Waals surface area (Å²) < 4.78 is 13.2. The lowest BCUT2D eigenvalue weighted by Crippen LogP contribution is -2.11. The van der Waals surface area contributed by atoms with Crippen LogP contribution in [-0.2, 0) is 0 Å². The third kappa shape index (κ3) is 5.21. The average Bonchev–Trinajstić information content (AvgIpc) is 3.87. The fourth-order valence-electron chi connectivity index (χ4n) is 8.89. The van der Waals surface area contributed by atoms with E-state index in [-0.39, 0.29) is 5.92 Å².